The van der Waals surface area contributed by atoms with Crippen LogP contribution in [0.5, 0.6) is 0 Å². The van der Waals surface area contributed by atoms with E-state index in [0.717, 1.165) is 24.0 Å². The number of alkyl halides is 3. The standard InChI is InChI=1S/C21H16F3N3O2/c1-14-4-2-7-19(25-14)26-20(28)16-8-10-18(11-9-16)27(29)13-15-5-3-6-17(12-15)21(22,23)24/h2-13H,1H3,(H,25,26,28)/b27-13-. The molecule has 2 aromatic carbocycles. The lowest BCUT2D eigenvalue weighted by Gasteiger charge is -2.08. The van der Waals surface area contributed by atoms with Crippen LogP contribution in [0.25, 0.3) is 0 Å². The molecule has 3 rings (SSSR count). The van der Waals surface area contributed by atoms with Gasteiger partial charge in [-0.15, -0.1) is 0 Å². The average Bonchev–Trinajstić information content (AvgIpc) is 2.67. The topological polar surface area (TPSA) is 68.1 Å². The minimum Gasteiger partial charge on any atom is -0.618 e. The van der Waals surface area contributed by atoms with Crippen molar-refractivity contribution < 1.29 is 22.7 Å². The number of nitrogens with zero attached hydrogens (tertiary/aromatic N) is 2. The highest BCUT2D eigenvalue weighted by atomic mass is 19.4. The van der Waals surface area contributed by atoms with Gasteiger partial charge in [0.2, 0.25) is 5.69 Å². The van der Waals surface area contributed by atoms with Crippen molar-refractivity contribution in [3.63, 3.8) is 0 Å². The molecule has 8 heteroatoms. The first-order chi connectivity index (χ1) is 13.7. The molecule has 0 radical (unpaired) electrons. The Bertz CT molecular complexity index is 1060. The first-order valence-electron chi connectivity index (χ1n) is 8.56. The Balaban J connectivity index is 1.75. The van der Waals surface area contributed by atoms with Crippen molar-refractivity contribution in [1.29, 1.82) is 0 Å². The van der Waals surface area contributed by atoms with Crippen LogP contribution in [0.4, 0.5) is 24.7 Å². The molecular weight excluding hydrogens is 383 g/mol. The van der Waals surface area contributed by atoms with Crippen LogP contribution in [0, 0.1) is 12.1 Å². The van der Waals surface area contributed by atoms with Crippen molar-refractivity contribution in [1.82, 2.24) is 4.98 Å². The second-order valence-electron chi connectivity index (χ2n) is 6.24. The summed E-state index contributed by atoms with van der Waals surface area (Å²) in [5, 5.41) is 14.9. The molecule has 0 saturated carbocycles. The maximum atomic E-state index is 12.8. The van der Waals surface area contributed by atoms with Crippen molar-refractivity contribution in [3.8, 4) is 0 Å². The summed E-state index contributed by atoms with van der Waals surface area (Å²) in [5.41, 5.74) is 0.515. The molecule has 29 heavy (non-hydrogen) atoms. The molecule has 0 fully saturated rings. The second kappa shape index (κ2) is 8.14. The number of hydrogen-bond donors (Lipinski definition) is 1. The molecule has 1 aromatic heterocycles. The molecule has 0 aliphatic carbocycles. The van der Waals surface area contributed by atoms with E-state index >= 15 is 0 Å². The first kappa shape index (κ1) is 20.1. The zero-order valence-corrected chi connectivity index (χ0v) is 15.3. The van der Waals surface area contributed by atoms with Crippen molar-refractivity contribution >= 4 is 23.6 Å². The van der Waals surface area contributed by atoms with Gasteiger partial charge in [0, 0.05) is 29.0 Å². The molecule has 1 heterocycles. The van der Waals surface area contributed by atoms with Crippen LogP contribution in [-0.2, 0) is 6.18 Å². The van der Waals surface area contributed by atoms with Crippen LogP contribution >= 0.6 is 0 Å². The highest BCUT2D eigenvalue weighted by molar-refractivity contribution is 6.03. The number of carbonyl (C=O) groups excluding carboxylic acids is 1. The fourth-order valence-corrected chi connectivity index (χ4v) is 2.57. The molecule has 1 N–H and O–H groups in total. The third-order valence-electron chi connectivity index (χ3n) is 3.99. The SMILES string of the molecule is Cc1cccc(NC(=O)c2ccc(/[N+]([O-])=C/c3cccc(C(F)(F)F)c3)cc2)n1. The van der Waals surface area contributed by atoms with Gasteiger partial charge in [-0.3, -0.25) is 4.79 Å². The van der Waals surface area contributed by atoms with Crippen LogP contribution < -0.4 is 5.32 Å². The predicted molar refractivity (Wildman–Crippen MR) is 103 cm³/mol. The number of carbonyl (C=O) groups is 1. The van der Waals surface area contributed by atoms with E-state index in [1.807, 2.05) is 0 Å². The van der Waals surface area contributed by atoms with E-state index in [-0.39, 0.29) is 11.3 Å². The number of pyridine rings is 1. The highest BCUT2D eigenvalue weighted by Crippen LogP contribution is 2.29. The maximum Gasteiger partial charge on any atom is 0.416 e. The summed E-state index contributed by atoms with van der Waals surface area (Å²) in [4.78, 5) is 16.5. The van der Waals surface area contributed by atoms with Gasteiger partial charge in [-0.2, -0.15) is 17.9 Å². The Labute approximate surface area is 164 Å². The quantitative estimate of drug-likeness (QED) is 0.293. The van der Waals surface area contributed by atoms with E-state index in [2.05, 4.69) is 10.3 Å². The molecule has 0 spiro atoms. The Kier molecular flexibility index (Phi) is 5.63. The highest BCUT2D eigenvalue weighted by Gasteiger charge is 2.30. The number of amides is 1. The molecule has 0 aliphatic heterocycles. The summed E-state index contributed by atoms with van der Waals surface area (Å²) >= 11 is 0. The number of aryl methyl sites for hydroxylation is 1. The maximum absolute atomic E-state index is 12.8. The van der Waals surface area contributed by atoms with Crippen LogP contribution in [0.2, 0.25) is 0 Å². The van der Waals surface area contributed by atoms with Crippen LogP contribution in [0.3, 0.4) is 0 Å². The summed E-state index contributed by atoms with van der Waals surface area (Å²) in [6.07, 6.45) is -3.44. The number of halogens is 3. The fraction of sp³-hybridized carbons (Fsp3) is 0.0952. The molecule has 1 amide bonds. The van der Waals surface area contributed by atoms with Crippen molar-refractivity contribution in [2.75, 3.05) is 5.32 Å². The second-order valence-corrected chi connectivity index (χ2v) is 6.24. The van der Waals surface area contributed by atoms with Gasteiger partial charge in [-0.1, -0.05) is 12.1 Å². The lowest BCUT2D eigenvalue weighted by molar-refractivity contribution is -0.354. The fourth-order valence-electron chi connectivity index (χ4n) is 2.57. The smallest absolute Gasteiger partial charge is 0.416 e. The summed E-state index contributed by atoms with van der Waals surface area (Å²) in [6, 6.07) is 15.4. The number of anilines is 1. The number of benzene rings is 2. The van der Waals surface area contributed by atoms with E-state index in [9.17, 15) is 23.2 Å². The van der Waals surface area contributed by atoms with Crippen LogP contribution in [0.15, 0.2) is 66.7 Å². The zero-order valence-electron chi connectivity index (χ0n) is 15.3. The number of nitrogens with one attached hydrogen (secondary N) is 1. The average molecular weight is 399 g/mol. The summed E-state index contributed by atoms with van der Waals surface area (Å²) in [6.45, 7) is 1.80. The van der Waals surface area contributed by atoms with Gasteiger partial charge < -0.3 is 10.5 Å². The Hall–Kier alpha value is -3.68. The normalized spacial score (nSPS) is 11.9. The summed E-state index contributed by atoms with van der Waals surface area (Å²) in [5.74, 6) is 0.0105. The number of rotatable bonds is 4. The molecule has 3 aromatic rings. The van der Waals surface area contributed by atoms with Crippen molar-refractivity contribution in [2.45, 2.75) is 13.1 Å². The Morgan fingerprint density at radius 1 is 1.07 bits per heavy atom. The minimum absolute atomic E-state index is 0.113. The molecule has 148 valence electrons. The monoisotopic (exact) mass is 399 g/mol. The number of aromatic nitrogens is 1. The van der Waals surface area contributed by atoms with Gasteiger partial charge in [0.05, 0.1) is 5.56 Å². The van der Waals surface area contributed by atoms with Crippen LogP contribution in [-0.4, -0.2) is 21.8 Å². The van der Waals surface area contributed by atoms with Crippen molar-refractivity contribution in [3.05, 3.63) is 94.3 Å². The van der Waals surface area contributed by atoms with E-state index in [1.54, 1.807) is 25.1 Å². The van der Waals surface area contributed by atoms with Gasteiger partial charge >= 0.3 is 6.18 Å². The zero-order chi connectivity index (χ0) is 21.0. The lowest BCUT2D eigenvalue weighted by atomic mass is 10.1. The van der Waals surface area contributed by atoms with Gasteiger partial charge in [0.25, 0.3) is 5.91 Å². The molecule has 0 atom stereocenters. The van der Waals surface area contributed by atoms with Gasteiger partial charge in [0.15, 0.2) is 6.21 Å². The molecule has 0 bridgehead atoms. The van der Waals surface area contributed by atoms with E-state index in [0.29, 0.717) is 16.1 Å². The summed E-state index contributed by atoms with van der Waals surface area (Å²) < 4.78 is 38.8. The number of hydrogen-bond acceptors (Lipinski definition) is 3. The molecular formula is C21H16F3N3O2. The van der Waals surface area contributed by atoms with Gasteiger partial charge in [-0.05, 0) is 49.4 Å². The molecule has 0 unspecified atom stereocenters. The lowest BCUT2D eigenvalue weighted by Crippen LogP contribution is -2.13. The third-order valence-corrected chi connectivity index (χ3v) is 3.99. The largest absolute Gasteiger partial charge is 0.618 e. The summed E-state index contributed by atoms with van der Waals surface area (Å²) in [7, 11) is 0. The first-order valence-corrected chi connectivity index (χ1v) is 8.56. The van der Waals surface area contributed by atoms with Crippen LogP contribution in [0.1, 0.15) is 27.2 Å². The van der Waals surface area contributed by atoms with E-state index in [1.165, 1.54) is 36.4 Å². The molecule has 0 aliphatic rings. The van der Waals surface area contributed by atoms with E-state index < -0.39 is 17.6 Å². The third kappa shape index (κ3) is 5.19. The molecule has 0 saturated heterocycles. The van der Waals surface area contributed by atoms with Crippen molar-refractivity contribution in [2.24, 2.45) is 0 Å². The molecule has 5 nitrogen and oxygen atoms in total. The van der Waals surface area contributed by atoms with Gasteiger partial charge in [0.1, 0.15) is 5.82 Å². The Morgan fingerprint density at radius 3 is 2.41 bits per heavy atom. The van der Waals surface area contributed by atoms with E-state index in [4.69, 9.17) is 0 Å². The minimum atomic E-state index is -4.49. The van der Waals surface area contributed by atoms with Gasteiger partial charge in [-0.25, -0.2) is 4.98 Å². The predicted octanol–water partition coefficient (Wildman–Crippen LogP) is 4.92. The Morgan fingerprint density at radius 2 is 1.76 bits per heavy atom.